The number of aromatic hydroxyl groups is 4. The number of phenolic OH excluding ortho intramolecular Hbond substituents is 4. The van der Waals surface area contributed by atoms with Crippen LogP contribution < -0.4 is 11.5 Å². The SMILES string of the molecule is [NH3+]C1CCC(C(=O)OC(CCCCC(OC(=O)C2CCC([NH3+])CC2)c2cc(O)c3c(c2O)C(=O)c2ccccc2C3=O)c2cc(O)c3c(c2O)C(=O)c2ccccc2C3=O)CC1. The zero-order valence-electron chi connectivity index (χ0n) is 34.2. The molecule has 8 rings (SSSR count). The van der Waals surface area contributed by atoms with Gasteiger partial charge in [-0.05, 0) is 63.5 Å². The number of carbonyl (C=O) groups excluding carboxylic acids is 6. The average molecular weight is 847 g/mol. The highest BCUT2D eigenvalue weighted by Gasteiger charge is 2.40. The zero-order valence-corrected chi connectivity index (χ0v) is 34.2. The first-order chi connectivity index (χ1) is 29.7. The number of esters is 2. The first kappa shape index (κ1) is 42.3. The van der Waals surface area contributed by atoms with Gasteiger partial charge >= 0.3 is 11.9 Å². The van der Waals surface area contributed by atoms with Crippen LogP contribution in [0.3, 0.4) is 0 Å². The second-order valence-electron chi connectivity index (χ2n) is 17.1. The van der Waals surface area contributed by atoms with E-state index in [1.54, 1.807) is 24.3 Å². The average Bonchev–Trinajstić information content (AvgIpc) is 3.27. The molecule has 0 saturated heterocycles. The predicted molar refractivity (Wildman–Crippen MR) is 220 cm³/mol. The lowest BCUT2D eigenvalue weighted by Gasteiger charge is -2.28. The number of carbonyl (C=O) groups is 6. The van der Waals surface area contributed by atoms with Gasteiger partial charge < -0.3 is 41.4 Å². The van der Waals surface area contributed by atoms with E-state index in [4.69, 9.17) is 9.47 Å². The van der Waals surface area contributed by atoms with Gasteiger partial charge in [-0.3, -0.25) is 28.8 Å². The number of fused-ring (bicyclic) bond motifs is 4. The molecule has 322 valence electrons. The smallest absolute Gasteiger partial charge is 0.309 e. The molecule has 4 aromatic carbocycles. The fraction of sp³-hybridized carbons (Fsp3) is 0.375. The maximum atomic E-state index is 13.8. The third-order valence-electron chi connectivity index (χ3n) is 13.1. The molecular formula is C48H50N2O12+2. The van der Waals surface area contributed by atoms with Crippen LogP contribution >= 0.6 is 0 Å². The molecule has 2 unspecified atom stereocenters. The van der Waals surface area contributed by atoms with E-state index in [1.807, 2.05) is 0 Å². The lowest BCUT2D eigenvalue weighted by molar-refractivity contribution is -0.426. The van der Waals surface area contributed by atoms with E-state index in [-0.39, 0.29) is 93.4 Å². The summed E-state index contributed by atoms with van der Waals surface area (Å²) in [6.07, 6.45) is 3.24. The number of rotatable bonds is 11. The molecule has 4 aromatic rings. The molecule has 14 nitrogen and oxygen atoms in total. The van der Waals surface area contributed by atoms with Crippen molar-refractivity contribution in [3.8, 4) is 23.0 Å². The Balaban J connectivity index is 1.09. The molecule has 0 spiro atoms. The van der Waals surface area contributed by atoms with Gasteiger partial charge in [0, 0.05) is 59.1 Å². The van der Waals surface area contributed by atoms with Crippen LogP contribution in [0.2, 0.25) is 0 Å². The van der Waals surface area contributed by atoms with Crippen LogP contribution in [0, 0.1) is 11.8 Å². The molecule has 10 N–H and O–H groups in total. The molecule has 14 heteroatoms. The van der Waals surface area contributed by atoms with E-state index in [0.29, 0.717) is 25.7 Å². The Kier molecular flexibility index (Phi) is 11.7. The van der Waals surface area contributed by atoms with Crippen LogP contribution in [0.5, 0.6) is 23.0 Å². The molecule has 4 aliphatic carbocycles. The Bertz CT molecular complexity index is 2340. The number of ketones is 4. The van der Waals surface area contributed by atoms with Gasteiger partial charge in [-0.25, -0.2) is 0 Å². The molecule has 4 aliphatic rings. The third kappa shape index (κ3) is 7.73. The Morgan fingerprint density at radius 2 is 0.823 bits per heavy atom. The van der Waals surface area contributed by atoms with E-state index in [2.05, 4.69) is 11.5 Å². The highest BCUT2D eigenvalue weighted by molar-refractivity contribution is 6.31. The van der Waals surface area contributed by atoms with Crippen molar-refractivity contribution in [2.75, 3.05) is 0 Å². The summed E-state index contributed by atoms with van der Waals surface area (Å²) < 4.78 is 12.2. The minimum absolute atomic E-state index is 0.0420. The van der Waals surface area contributed by atoms with E-state index in [1.165, 1.54) is 24.3 Å². The molecule has 2 atom stereocenters. The summed E-state index contributed by atoms with van der Waals surface area (Å²) in [5, 5.41) is 46.0. The van der Waals surface area contributed by atoms with E-state index in [9.17, 15) is 49.2 Å². The normalized spacial score (nSPS) is 21.5. The van der Waals surface area contributed by atoms with Gasteiger partial charge in [-0.1, -0.05) is 48.5 Å². The van der Waals surface area contributed by atoms with Crippen LogP contribution in [0.15, 0.2) is 60.7 Å². The number of benzene rings is 4. The summed E-state index contributed by atoms with van der Waals surface area (Å²) in [7, 11) is 0. The minimum atomic E-state index is -1.19. The van der Waals surface area contributed by atoms with Crippen LogP contribution in [0.25, 0.3) is 0 Å². The molecule has 0 radical (unpaired) electrons. The quantitative estimate of drug-likeness (QED) is 0.0566. The van der Waals surface area contributed by atoms with Gasteiger partial charge in [-0.2, -0.15) is 0 Å². The topological polar surface area (TPSA) is 257 Å². The van der Waals surface area contributed by atoms with Crippen molar-refractivity contribution in [2.45, 2.75) is 101 Å². The molecule has 0 amide bonds. The van der Waals surface area contributed by atoms with Crippen LogP contribution in [0.1, 0.15) is 164 Å². The van der Waals surface area contributed by atoms with Crippen molar-refractivity contribution in [1.82, 2.24) is 0 Å². The van der Waals surface area contributed by atoms with Crippen LogP contribution in [-0.2, 0) is 19.1 Å². The molecular weight excluding hydrogens is 797 g/mol. The van der Waals surface area contributed by atoms with Crippen LogP contribution in [0.4, 0.5) is 0 Å². The van der Waals surface area contributed by atoms with Crippen molar-refractivity contribution in [1.29, 1.82) is 0 Å². The first-order valence-corrected chi connectivity index (χ1v) is 21.4. The third-order valence-corrected chi connectivity index (χ3v) is 13.1. The second kappa shape index (κ2) is 17.2. The summed E-state index contributed by atoms with van der Waals surface area (Å²) in [6, 6.07) is 14.9. The van der Waals surface area contributed by atoms with Gasteiger partial charge in [0.1, 0.15) is 35.2 Å². The zero-order chi connectivity index (χ0) is 44.0. The van der Waals surface area contributed by atoms with Gasteiger partial charge in [0.15, 0.2) is 23.1 Å². The molecule has 0 heterocycles. The van der Waals surface area contributed by atoms with Crippen molar-refractivity contribution < 1.29 is 70.1 Å². The van der Waals surface area contributed by atoms with Crippen molar-refractivity contribution >= 4 is 35.1 Å². The predicted octanol–water partition coefficient (Wildman–Crippen LogP) is 5.09. The monoisotopic (exact) mass is 846 g/mol. The van der Waals surface area contributed by atoms with Crippen molar-refractivity contribution in [3.05, 3.63) is 116 Å². The fourth-order valence-corrected chi connectivity index (χ4v) is 9.53. The Morgan fingerprint density at radius 3 is 1.15 bits per heavy atom. The van der Waals surface area contributed by atoms with E-state index < -0.39 is 82.1 Å². The van der Waals surface area contributed by atoms with Gasteiger partial charge in [0.05, 0.1) is 46.2 Å². The molecule has 0 aliphatic heterocycles. The largest absolute Gasteiger partial charge is 0.507 e. The van der Waals surface area contributed by atoms with E-state index in [0.717, 1.165) is 37.8 Å². The van der Waals surface area contributed by atoms with Gasteiger partial charge in [-0.15, -0.1) is 0 Å². The fourth-order valence-electron chi connectivity index (χ4n) is 9.53. The number of phenols is 4. The lowest BCUT2D eigenvalue weighted by atomic mass is 9.81. The summed E-state index contributed by atoms with van der Waals surface area (Å²) in [6.45, 7) is 0. The van der Waals surface area contributed by atoms with E-state index >= 15 is 0 Å². The highest BCUT2D eigenvalue weighted by Crippen LogP contribution is 2.47. The lowest BCUT2D eigenvalue weighted by Crippen LogP contribution is -2.62. The Labute approximate surface area is 356 Å². The number of ether oxygens (including phenoxy) is 2. The van der Waals surface area contributed by atoms with Gasteiger partial charge in [0.2, 0.25) is 0 Å². The minimum Gasteiger partial charge on any atom is -0.507 e. The summed E-state index contributed by atoms with van der Waals surface area (Å²) in [5.41, 5.74) is 6.89. The Hall–Kier alpha value is -6.38. The molecule has 2 saturated carbocycles. The molecule has 2 fully saturated rings. The second-order valence-corrected chi connectivity index (χ2v) is 17.1. The van der Waals surface area contributed by atoms with Crippen LogP contribution in [-0.4, -0.2) is 67.6 Å². The summed E-state index contributed by atoms with van der Waals surface area (Å²) >= 11 is 0. The molecule has 0 aromatic heterocycles. The number of unbranched alkanes of at least 4 members (excludes halogenated alkanes) is 1. The Morgan fingerprint density at radius 1 is 0.516 bits per heavy atom. The first-order valence-electron chi connectivity index (χ1n) is 21.4. The maximum absolute atomic E-state index is 13.8. The number of hydrogen-bond acceptors (Lipinski definition) is 12. The van der Waals surface area contributed by atoms with Gasteiger partial charge in [0.25, 0.3) is 0 Å². The molecule has 62 heavy (non-hydrogen) atoms. The molecule has 0 bridgehead atoms. The number of hydrogen-bond donors (Lipinski definition) is 6. The summed E-state index contributed by atoms with van der Waals surface area (Å²) in [4.78, 5) is 82.0. The van der Waals surface area contributed by atoms with Crippen molar-refractivity contribution in [3.63, 3.8) is 0 Å². The highest BCUT2D eigenvalue weighted by atomic mass is 16.5. The number of quaternary nitrogens is 2. The standard InChI is InChI=1S/C48H48N2O12/c49-25-17-13-23(14-18-25)47(59)61-35(31-21-33(51)37-39(45(31)57)43(55)29-9-3-1-7-27(29)41(37)53)11-5-6-12-36(62-48(60)24-15-19-26(50)20-16-24)32-22-34(52)38-40(46(32)58)44(56)30-10-4-2-8-28(30)42(38)54/h1-4,7-10,21-26,35-36,51-52,57-58H,5-6,11-20,49-50H2/p+2. The summed E-state index contributed by atoms with van der Waals surface area (Å²) in [5.74, 6) is -6.86. The van der Waals surface area contributed by atoms with Crippen molar-refractivity contribution in [2.24, 2.45) is 11.8 Å². The maximum Gasteiger partial charge on any atom is 0.309 e.